The van der Waals surface area contributed by atoms with Gasteiger partial charge >= 0.3 is 0 Å². The summed E-state index contributed by atoms with van der Waals surface area (Å²) < 4.78 is 32.2. The number of carbonyl (C=O) groups excluding carboxylic acids is 1. The number of nitrogens with one attached hydrogen (secondary N) is 3. The number of nitrogens with zero attached hydrogens (tertiary/aromatic N) is 4. The predicted octanol–water partition coefficient (Wildman–Crippen LogP) is 5.18. The van der Waals surface area contributed by atoms with Crippen LogP contribution in [-0.2, 0) is 14.6 Å². The lowest BCUT2D eigenvalue weighted by molar-refractivity contribution is -0.111. The summed E-state index contributed by atoms with van der Waals surface area (Å²) in [6, 6.07) is 10.4. The number of anilines is 6. The van der Waals surface area contributed by atoms with Gasteiger partial charge in [-0.15, -0.1) is 0 Å². The highest BCUT2D eigenvalue weighted by atomic mass is 79.9. The molecule has 42 heavy (non-hydrogen) atoms. The Morgan fingerprint density at radius 1 is 1.12 bits per heavy atom. The third-order valence-electron chi connectivity index (χ3n) is 6.98. The molecule has 3 N–H and O–H groups in total. The van der Waals surface area contributed by atoms with Crippen LogP contribution in [0.5, 0.6) is 5.75 Å². The zero-order valence-electron chi connectivity index (χ0n) is 24.1. The predicted molar refractivity (Wildman–Crippen MR) is 171 cm³/mol. The molecule has 4 rings (SSSR count). The first-order valence-corrected chi connectivity index (χ1v) is 15.9. The lowest BCUT2D eigenvalue weighted by Crippen LogP contribution is -2.46. The van der Waals surface area contributed by atoms with E-state index < -0.39 is 15.1 Å². The normalized spacial score (nSPS) is 14.0. The lowest BCUT2D eigenvalue weighted by atomic mass is 10.1. The van der Waals surface area contributed by atoms with Crippen LogP contribution < -0.4 is 25.6 Å². The Labute approximate surface area is 255 Å². The molecule has 1 aromatic heterocycles. The molecular weight excluding hydrogens is 622 g/mol. The molecule has 11 nitrogen and oxygen atoms in total. The Kier molecular flexibility index (Phi) is 10.1. The van der Waals surface area contributed by atoms with E-state index in [1.165, 1.54) is 6.08 Å². The van der Waals surface area contributed by atoms with Crippen molar-refractivity contribution >= 4 is 66.2 Å². The second kappa shape index (κ2) is 13.5. The molecule has 0 atom stereocenters. The van der Waals surface area contributed by atoms with Crippen molar-refractivity contribution in [2.45, 2.75) is 30.9 Å². The lowest BCUT2D eigenvalue weighted by Gasteiger charge is -2.36. The summed E-state index contributed by atoms with van der Waals surface area (Å²) in [5.41, 5.74) is 2.36. The summed E-state index contributed by atoms with van der Waals surface area (Å²) in [6.45, 7) is 13.4. The summed E-state index contributed by atoms with van der Waals surface area (Å²) >= 11 is 3.46. The molecule has 1 aliphatic rings. The van der Waals surface area contributed by atoms with Crippen LogP contribution in [0.25, 0.3) is 0 Å². The van der Waals surface area contributed by atoms with Crippen LogP contribution in [0.4, 0.5) is 34.5 Å². The molecule has 0 radical (unpaired) electrons. The van der Waals surface area contributed by atoms with E-state index in [9.17, 15) is 13.2 Å². The summed E-state index contributed by atoms with van der Waals surface area (Å²) in [4.78, 5) is 26.1. The fraction of sp³-hybridized carbons (Fsp3) is 0.345. The van der Waals surface area contributed by atoms with Crippen LogP contribution in [0.3, 0.4) is 0 Å². The molecule has 13 heteroatoms. The maximum atomic E-state index is 13.0. The Hall–Kier alpha value is -3.68. The Morgan fingerprint density at radius 2 is 1.83 bits per heavy atom. The van der Waals surface area contributed by atoms with Crippen LogP contribution in [-0.4, -0.2) is 74.3 Å². The highest BCUT2D eigenvalue weighted by Gasteiger charge is 2.24. The number of piperazine rings is 1. The van der Waals surface area contributed by atoms with Crippen LogP contribution in [0.2, 0.25) is 0 Å². The van der Waals surface area contributed by atoms with Crippen molar-refractivity contribution in [3.8, 4) is 5.75 Å². The molecule has 0 spiro atoms. The van der Waals surface area contributed by atoms with Gasteiger partial charge in [0.25, 0.3) is 0 Å². The molecule has 1 amide bonds. The summed E-state index contributed by atoms with van der Waals surface area (Å²) in [5, 5.41) is 8.65. The van der Waals surface area contributed by atoms with Crippen molar-refractivity contribution in [2.24, 2.45) is 0 Å². The second-order valence-corrected chi connectivity index (χ2v) is 13.2. The van der Waals surface area contributed by atoms with Gasteiger partial charge in [-0.2, -0.15) is 4.98 Å². The smallest absolute Gasteiger partial charge is 0.247 e. The van der Waals surface area contributed by atoms with E-state index >= 15 is 0 Å². The topological polar surface area (TPSA) is 129 Å². The maximum Gasteiger partial charge on any atom is 0.247 e. The van der Waals surface area contributed by atoms with E-state index in [2.05, 4.69) is 65.2 Å². The summed E-state index contributed by atoms with van der Waals surface area (Å²) in [7, 11) is -1.97. The number of halogens is 1. The number of carbonyl (C=O) groups is 1. The van der Waals surface area contributed by atoms with E-state index in [-0.39, 0.29) is 16.8 Å². The van der Waals surface area contributed by atoms with Crippen molar-refractivity contribution in [3.63, 3.8) is 0 Å². The van der Waals surface area contributed by atoms with Crippen molar-refractivity contribution < 1.29 is 17.9 Å². The first-order valence-electron chi connectivity index (χ1n) is 13.6. The van der Waals surface area contributed by atoms with E-state index in [0.29, 0.717) is 33.1 Å². The number of hydrogen-bond donors (Lipinski definition) is 3. The molecule has 2 aromatic carbocycles. The van der Waals surface area contributed by atoms with Crippen molar-refractivity contribution in [3.05, 3.63) is 59.7 Å². The first kappa shape index (κ1) is 31.3. The summed E-state index contributed by atoms with van der Waals surface area (Å²) in [5.74, 6) is 0.798. The average Bonchev–Trinajstić information content (AvgIpc) is 2.99. The van der Waals surface area contributed by atoms with Crippen molar-refractivity contribution in [1.29, 1.82) is 0 Å². The van der Waals surface area contributed by atoms with Crippen LogP contribution in [0.1, 0.15) is 20.8 Å². The molecule has 1 fully saturated rings. The quantitative estimate of drug-likeness (QED) is 0.237. The first-order chi connectivity index (χ1) is 20.1. The number of aromatic nitrogens is 2. The maximum absolute atomic E-state index is 13.0. The Bertz CT molecular complexity index is 1560. The number of amides is 1. The molecule has 3 aromatic rings. The molecule has 0 saturated carbocycles. The molecule has 0 aliphatic carbocycles. The van der Waals surface area contributed by atoms with E-state index in [1.807, 2.05) is 6.07 Å². The fourth-order valence-electron chi connectivity index (χ4n) is 4.52. The molecule has 1 aliphatic heterocycles. The molecule has 0 unspecified atom stereocenters. The highest BCUT2D eigenvalue weighted by Crippen LogP contribution is 2.39. The van der Waals surface area contributed by atoms with Gasteiger partial charge in [0.15, 0.2) is 9.84 Å². The molecule has 1 saturated heterocycles. The number of para-hydroxylation sites is 1. The molecular formula is C29H36BrN7O4S. The minimum atomic E-state index is -3.54. The van der Waals surface area contributed by atoms with Gasteiger partial charge in [-0.05, 0) is 60.6 Å². The van der Waals surface area contributed by atoms with Gasteiger partial charge in [0.2, 0.25) is 11.9 Å². The number of hydrogen-bond acceptors (Lipinski definition) is 10. The van der Waals surface area contributed by atoms with Gasteiger partial charge in [-0.1, -0.05) is 25.6 Å². The van der Waals surface area contributed by atoms with E-state index in [4.69, 9.17) is 4.74 Å². The van der Waals surface area contributed by atoms with Gasteiger partial charge in [0.1, 0.15) is 11.6 Å². The van der Waals surface area contributed by atoms with Crippen LogP contribution >= 0.6 is 15.9 Å². The summed E-state index contributed by atoms with van der Waals surface area (Å²) in [6.07, 6.45) is 2.79. The number of ether oxygens (including phenoxy) is 1. The van der Waals surface area contributed by atoms with Gasteiger partial charge in [0, 0.05) is 38.4 Å². The number of benzene rings is 2. The monoisotopic (exact) mass is 657 g/mol. The second-order valence-electron chi connectivity index (χ2n) is 9.91. The molecule has 0 bridgehead atoms. The standard InChI is InChI=1S/C29H36BrN7O4S/c1-6-27(38)32-22-16-23(25(41-5)17-24(22)37-14-12-36(7-2)13-15-37)34-29-31-18-20(30)28(35-29)33-21-10-8-9-11-26(21)42(39,40)19(3)4/h6,8-11,16-19H,1,7,12-15H2,2-5H3,(H,32,38)(H2,31,33,34,35). The van der Waals surface area contributed by atoms with Gasteiger partial charge in [-0.3, -0.25) is 4.79 Å². The van der Waals surface area contributed by atoms with Crippen LogP contribution in [0, 0.1) is 0 Å². The van der Waals surface area contributed by atoms with Crippen molar-refractivity contribution in [1.82, 2.24) is 14.9 Å². The third-order valence-corrected chi connectivity index (χ3v) is 9.77. The number of methoxy groups -OCH3 is 1. The minimum absolute atomic E-state index is 0.180. The number of likely N-dealkylation sites (N-methyl/N-ethyl adjacent to an activating group) is 1. The number of rotatable bonds is 11. The van der Waals surface area contributed by atoms with Gasteiger partial charge in [-0.25, -0.2) is 13.4 Å². The zero-order valence-corrected chi connectivity index (χ0v) is 26.5. The molecule has 224 valence electrons. The fourth-order valence-corrected chi connectivity index (χ4v) is 6.01. The van der Waals surface area contributed by atoms with Gasteiger partial charge < -0.3 is 30.5 Å². The van der Waals surface area contributed by atoms with Crippen molar-refractivity contribution in [2.75, 3.05) is 60.7 Å². The molecule has 2 heterocycles. The Balaban J connectivity index is 1.68. The SMILES string of the molecule is C=CC(=O)Nc1cc(Nc2ncc(Br)c(Nc3ccccc3S(=O)(=O)C(C)C)n2)c(OC)cc1N1CCN(CC)CC1. The Morgan fingerprint density at radius 3 is 2.48 bits per heavy atom. The third kappa shape index (κ3) is 7.02. The largest absolute Gasteiger partial charge is 0.494 e. The highest BCUT2D eigenvalue weighted by molar-refractivity contribution is 9.10. The minimum Gasteiger partial charge on any atom is -0.494 e. The van der Waals surface area contributed by atoms with E-state index in [0.717, 1.165) is 38.4 Å². The van der Waals surface area contributed by atoms with Gasteiger partial charge in [0.05, 0.1) is 44.5 Å². The van der Waals surface area contributed by atoms with Crippen LogP contribution in [0.15, 0.2) is 64.6 Å². The zero-order chi connectivity index (χ0) is 30.4. The number of sulfone groups is 1. The van der Waals surface area contributed by atoms with E-state index in [1.54, 1.807) is 57.5 Å². The average molecular weight is 659 g/mol.